The molecule has 0 bridgehead atoms. The third-order valence-corrected chi connectivity index (χ3v) is 11.7. The molecule has 0 aliphatic carbocycles. The Labute approximate surface area is 220 Å². The molecule has 4 aromatic rings. The number of nitrogens with zero attached hydrogens (tertiary/aromatic N) is 4. The van der Waals surface area contributed by atoms with Crippen molar-refractivity contribution in [3.05, 3.63) is 90.1 Å². The van der Waals surface area contributed by atoms with Crippen LogP contribution in [0.15, 0.2) is 0 Å². The average Bonchev–Trinajstić information content (AvgIpc) is 3.48. The highest BCUT2D eigenvalue weighted by atomic mass is 15.6. The van der Waals surface area contributed by atoms with Crippen LogP contribution in [0.25, 0.3) is 0 Å². The van der Waals surface area contributed by atoms with Crippen molar-refractivity contribution in [3.8, 4) is 0 Å². The first kappa shape index (κ1) is 22.1. The Morgan fingerprint density at radius 1 is 0.324 bits per heavy atom. The highest BCUT2D eigenvalue weighted by Crippen LogP contribution is 2.61. The van der Waals surface area contributed by atoms with E-state index in [-0.39, 0.29) is 0 Å². The summed E-state index contributed by atoms with van der Waals surface area (Å²) in [6.07, 6.45) is 0. The monoisotopic (exact) mass is 492 g/mol. The largest absolute Gasteiger partial charge is 0.293 e. The zero-order valence-corrected chi connectivity index (χ0v) is 24.6. The maximum absolute atomic E-state index is 2.83. The van der Waals surface area contributed by atoms with E-state index < -0.39 is 5.91 Å². The van der Waals surface area contributed by atoms with Gasteiger partial charge in [0.2, 0.25) is 0 Å². The molecule has 0 radical (unpaired) electrons. The highest BCUT2D eigenvalue weighted by Gasteiger charge is 2.62. The average molecular weight is 493 g/mol. The summed E-state index contributed by atoms with van der Waals surface area (Å²) in [6.45, 7) is 28.9. The van der Waals surface area contributed by atoms with E-state index in [0.29, 0.717) is 23.7 Å². The quantitative estimate of drug-likeness (QED) is 0.243. The molecule has 0 aromatic carbocycles. The van der Waals surface area contributed by atoms with Gasteiger partial charge in [-0.05, 0) is 99.9 Å². The van der Waals surface area contributed by atoms with E-state index in [1.807, 2.05) is 0 Å². The minimum absolute atomic E-state index is 0.356. The van der Waals surface area contributed by atoms with Crippen LogP contribution in [-0.2, 0) is 5.91 Å². The SMILES string of the molecule is Cc1c(C)c2n3c1C(C)c1c(C)c(C)c4n1C31n3c(c(C)c(C)c3C(C)c3c(C)c(C)c(n31)C4C)C2C. The van der Waals surface area contributed by atoms with Crippen LogP contribution in [0.4, 0.5) is 0 Å². The van der Waals surface area contributed by atoms with Gasteiger partial charge in [0.1, 0.15) is 0 Å². The van der Waals surface area contributed by atoms with Gasteiger partial charge < -0.3 is 0 Å². The molecule has 4 heteroatoms. The van der Waals surface area contributed by atoms with Crippen LogP contribution in [0, 0.1) is 55.4 Å². The summed E-state index contributed by atoms with van der Waals surface area (Å²) >= 11 is 0. The first-order chi connectivity index (χ1) is 17.4. The molecule has 0 atom stereocenters. The van der Waals surface area contributed by atoms with Crippen molar-refractivity contribution in [2.24, 2.45) is 0 Å². The first-order valence-corrected chi connectivity index (χ1v) is 14.3. The van der Waals surface area contributed by atoms with Gasteiger partial charge in [-0.15, -0.1) is 0 Å². The number of rotatable bonds is 0. The van der Waals surface area contributed by atoms with Gasteiger partial charge in [0.25, 0.3) is 5.91 Å². The Morgan fingerprint density at radius 3 is 0.595 bits per heavy atom. The summed E-state index contributed by atoms with van der Waals surface area (Å²) in [7, 11) is 0. The van der Waals surface area contributed by atoms with Gasteiger partial charge in [-0.2, -0.15) is 0 Å². The zero-order chi connectivity index (χ0) is 26.4. The molecule has 0 N–H and O–H groups in total. The summed E-state index contributed by atoms with van der Waals surface area (Å²) in [6, 6.07) is 0. The van der Waals surface area contributed by atoms with Crippen LogP contribution >= 0.6 is 0 Å². The molecule has 0 saturated heterocycles. The molecule has 8 heterocycles. The van der Waals surface area contributed by atoms with Crippen LogP contribution in [0.1, 0.15) is 141 Å². The van der Waals surface area contributed by atoms with Crippen molar-refractivity contribution in [2.45, 2.75) is 113 Å². The van der Waals surface area contributed by atoms with Crippen LogP contribution in [0.3, 0.4) is 0 Å². The fourth-order valence-corrected chi connectivity index (χ4v) is 9.96. The van der Waals surface area contributed by atoms with E-state index in [9.17, 15) is 0 Å². The van der Waals surface area contributed by atoms with Gasteiger partial charge in [-0.1, -0.05) is 27.7 Å². The van der Waals surface area contributed by atoms with Crippen molar-refractivity contribution < 1.29 is 0 Å². The van der Waals surface area contributed by atoms with Crippen LogP contribution < -0.4 is 0 Å². The van der Waals surface area contributed by atoms with Crippen molar-refractivity contribution in [2.75, 3.05) is 0 Å². The molecule has 1 spiro atoms. The van der Waals surface area contributed by atoms with E-state index in [0.717, 1.165) is 0 Å². The van der Waals surface area contributed by atoms with Gasteiger partial charge in [0.05, 0.1) is 0 Å². The molecule has 192 valence electrons. The molecule has 4 nitrogen and oxygen atoms in total. The smallest absolute Gasteiger partial charge is 0.288 e. The molecule has 0 saturated carbocycles. The molecule has 37 heavy (non-hydrogen) atoms. The van der Waals surface area contributed by atoms with Crippen molar-refractivity contribution in [1.82, 2.24) is 18.3 Å². The number of hydrogen-bond donors (Lipinski definition) is 0. The summed E-state index contributed by atoms with van der Waals surface area (Å²) in [5.74, 6) is 0.966. The minimum Gasteiger partial charge on any atom is -0.288 e. The lowest BCUT2D eigenvalue weighted by atomic mass is 9.91. The van der Waals surface area contributed by atoms with Gasteiger partial charge in [0.15, 0.2) is 0 Å². The van der Waals surface area contributed by atoms with Crippen LogP contribution in [-0.4, -0.2) is 18.3 Å². The standard InChI is InChI=1S/C33H40N4/c1-13-14(2)26-22(10)28-17(5)18(6)30-24(12)32-20(8)19(7)31-23(11)29-16(4)15(3)27-21(9)25(13)34(26)33(35(27)29,36(28)30)37(31)32/h21-24H,1-12H3. The predicted molar refractivity (Wildman–Crippen MR) is 150 cm³/mol. The summed E-state index contributed by atoms with van der Waals surface area (Å²) in [5.41, 5.74) is 24.0. The van der Waals surface area contributed by atoms with Gasteiger partial charge >= 0.3 is 0 Å². The van der Waals surface area contributed by atoms with Crippen LogP contribution in [0.2, 0.25) is 0 Å². The third-order valence-electron chi connectivity index (χ3n) is 11.7. The molecule has 8 rings (SSSR count). The van der Waals surface area contributed by atoms with Crippen molar-refractivity contribution in [3.63, 3.8) is 0 Å². The van der Waals surface area contributed by atoms with Crippen molar-refractivity contribution >= 4 is 0 Å². The summed E-state index contributed by atoms with van der Waals surface area (Å²) < 4.78 is 11.3. The number of aromatic nitrogens is 4. The molecular weight excluding hydrogens is 452 g/mol. The fourth-order valence-electron chi connectivity index (χ4n) is 9.96. The first-order valence-electron chi connectivity index (χ1n) is 14.3. The van der Waals surface area contributed by atoms with Gasteiger partial charge in [-0.25, -0.2) is 0 Å². The fraction of sp³-hybridized carbons (Fsp3) is 0.515. The summed E-state index contributed by atoms with van der Waals surface area (Å²) in [4.78, 5) is 0. The molecule has 0 amide bonds. The molecule has 4 aliphatic rings. The lowest BCUT2D eigenvalue weighted by molar-refractivity contribution is 0.0516. The molecule has 4 aromatic heterocycles. The molecule has 4 aliphatic heterocycles. The topological polar surface area (TPSA) is 19.7 Å². The molecular formula is C33H40N4. The minimum atomic E-state index is -0.460. The Bertz CT molecular complexity index is 1400. The Hall–Kier alpha value is -2.88. The van der Waals surface area contributed by atoms with E-state index in [2.05, 4.69) is 101 Å². The lowest BCUT2D eigenvalue weighted by Crippen LogP contribution is -2.65. The zero-order valence-electron chi connectivity index (χ0n) is 24.6. The second-order valence-electron chi connectivity index (χ2n) is 12.9. The Balaban J connectivity index is 1.76. The number of hydrogen-bond acceptors (Lipinski definition) is 0. The van der Waals surface area contributed by atoms with Gasteiger partial charge in [0, 0.05) is 69.2 Å². The van der Waals surface area contributed by atoms with E-state index in [1.165, 1.54) is 90.1 Å². The van der Waals surface area contributed by atoms with Crippen LogP contribution in [0.5, 0.6) is 0 Å². The van der Waals surface area contributed by atoms with E-state index >= 15 is 0 Å². The van der Waals surface area contributed by atoms with E-state index in [1.54, 1.807) is 0 Å². The molecule has 0 fully saturated rings. The second kappa shape index (κ2) is 6.06. The second-order valence-corrected chi connectivity index (χ2v) is 12.9. The summed E-state index contributed by atoms with van der Waals surface area (Å²) in [5, 5.41) is 0. The van der Waals surface area contributed by atoms with Crippen molar-refractivity contribution in [1.29, 1.82) is 0 Å². The third kappa shape index (κ3) is 1.81. The van der Waals surface area contributed by atoms with Gasteiger partial charge in [-0.3, -0.25) is 18.3 Å². The molecule has 0 unspecified atom stereocenters. The Kier molecular flexibility index (Phi) is 3.62. The highest BCUT2D eigenvalue weighted by molar-refractivity contribution is 5.62. The maximum atomic E-state index is 2.83. The van der Waals surface area contributed by atoms with E-state index in [4.69, 9.17) is 0 Å². The normalized spacial score (nSPS) is 27.6. The Morgan fingerprint density at radius 2 is 0.459 bits per heavy atom. The maximum Gasteiger partial charge on any atom is 0.293 e. The predicted octanol–water partition coefficient (Wildman–Crippen LogP) is 7.43. The lowest BCUT2D eigenvalue weighted by Gasteiger charge is -2.58.